The van der Waals surface area contributed by atoms with Crippen molar-refractivity contribution in [3.8, 4) is 0 Å². The number of likely N-dealkylation sites (tertiary alicyclic amines) is 1. The Morgan fingerprint density at radius 3 is 2.25 bits per heavy atom. The molecule has 1 heterocycles. The quantitative estimate of drug-likeness (QED) is 0.697. The Kier molecular flexibility index (Phi) is 8.46. The van der Waals surface area contributed by atoms with Gasteiger partial charge in [-0.3, -0.25) is 0 Å². The van der Waals surface area contributed by atoms with Gasteiger partial charge in [-0.05, 0) is 67.1 Å². The highest BCUT2D eigenvalue weighted by Gasteiger charge is 2.23. The van der Waals surface area contributed by atoms with Crippen LogP contribution in [0.2, 0.25) is 0 Å². The molecule has 142 valence electrons. The summed E-state index contributed by atoms with van der Waals surface area (Å²) in [7, 11) is 3.81. The summed E-state index contributed by atoms with van der Waals surface area (Å²) in [5.41, 5.74) is -0.502. The number of amides is 1. The molecule has 0 aromatic rings. The maximum atomic E-state index is 11.9. The third kappa shape index (κ3) is 8.85. The van der Waals surface area contributed by atoms with Gasteiger partial charge in [0.2, 0.25) is 0 Å². The number of hydrogen-bond acceptors (Lipinski definition) is 5. The molecule has 1 aliphatic heterocycles. The molecular formula is C18H36N2O4. The lowest BCUT2D eigenvalue weighted by Gasteiger charge is -2.30. The Morgan fingerprint density at radius 2 is 1.67 bits per heavy atom. The Hall–Kier alpha value is -0.850. The maximum absolute atomic E-state index is 11.9. The van der Waals surface area contributed by atoms with Crippen molar-refractivity contribution in [1.29, 1.82) is 0 Å². The lowest BCUT2D eigenvalue weighted by molar-refractivity contribution is -0.0662. The van der Waals surface area contributed by atoms with Gasteiger partial charge in [0.25, 0.3) is 0 Å². The average Bonchev–Trinajstić information content (AvgIpc) is 2.49. The van der Waals surface area contributed by atoms with Crippen LogP contribution >= 0.6 is 0 Å². The summed E-state index contributed by atoms with van der Waals surface area (Å²) in [6, 6.07) is 0.231. The Balaban J connectivity index is 2.16. The first-order valence-corrected chi connectivity index (χ1v) is 8.94. The summed E-state index contributed by atoms with van der Waals surface area (Å²) in [6.07, 6.45) is 3.14. The number of rotatable bonds is 9. The standard InChI is InChI=1S/C18H36N2O4/c1-17(2,22-6)10-14-24-18(3,4)9-13-23-16(21)19-15-7-11-20(5)12-8-15/h15H,7-14H2,1-6H3,(H,19,21). The fraction of sp³-hybridized carbons (Fsp3) is 0.944. The minimum atomic E-state index is -0.322. The summed E-state index contributed by atoms with van der Waals surface area (Å²) >= 11 is 0. The predicted octanol–water partition coefficient (Wildman–Crippen LogP) is 2.81. The van der Waals surface area contributed by atoms with E-state index in [9.17, 15) is 4.79 Å². The lowest BCUT2D eigenvalue weighted by Crippen LogP contribution is -2.43. The number of methoxy groups -OCH3 is 1. The molecule has 1 fully saturated rings. The zero-order valence-corrected chi connectivity index (χ0v) is 16.3. The van der Waals surface area contributed by atoms with Gasteiger partial charge in [0.15, 0.2) is 0 Å². The smallest absolute Gasteiger partial charge is 0.407 e. The molecule has 1 N–H and O–H groups in total. The van der Waals surface area contributed by atoms with Gasteiger partial charge in [0.1, 0.15) is 0 Å². The zero-order chi connectivity index (χ0) is 18.2. The van der Waals surface area contributed by atoms with Crippen LogP contribution in [0.25, 0.3) is 0 Å². The van der Waals surface area contributed by atoms with E-state index in [2.05, 4.69) is 17.3 Å². The maximum Gasteiger partial charge on any atom is 0.407 e. The molecule has 0 bridgehead atoms. The van der Waals surface area contributed by atoms with E-state index < -0.39 is 0 Å². The number of alkyl carbamates (subject to hydrolysis) is 1. The molecule has 6 nitrogen and oxygen atoms in total. The van der Waals surface area contributed by atoms with E-state index in [1.807, 2.05) is 27.7 Å². The fourth-order valence-corrected chi connectivity index (χ4v) is 2.50. The van der Waals surface area contributed by atoms with Crippen LogP contribution in [0.3, 0.4) is 0 Å². The summed E-state index contributed by atoms with van der Waals surface area (Å²) in [5, 5.41) is 2.95. The monoisotopic (exact) mass is 344 g/mol. The molecule has 1 amide bonds. The van der Waals surface area contributed by atoms with E-state index in [0.717, 1.165) is 32.4 Å². The lowest BCUT2D eigenvalue weighted by atomic mass is 10.0. The number of carbonyl (C=O) groups is 1. The number of nitrogens with one attached hydrogen (secondary N) is 1. The number of hydrogen-bond donors (Lipinski definition) is 1. The van der Waals surface area contributed by atoms with E-state index in [1.54, 1.807) is 7.11 Å². The van der Waals surface area contributed by atoms with Crippen LogP contribution in [-0.2, 0) is 14.2 Å². The molecule has 24 heavy (non-hydrogen) atoms. The van der Waals surface area contributed by atoms with E-state index in [4.69, 9.17) is 14.2 Å². The molecule has 0 saturated carbocycles. The average molecular weight is 344 g/mol. The van der Waals surface area contributed by atoms with Crippen molar-refractivity contribution < 1.29 is 19.0 Å². The number of carbonyl (C=O) groups excluding carboxylic acids is 1. The second-order valence-corrected chi connectivity index (χ2v) is 7.93. The van der Waals surface area contributed by atoms with Crippen molar-refractivity contribution in [2.45, 2.75) is 70.6 Å². The van der Waals surface area contributed by atoms with Crippen LogP contribution in [0.4, 0.5) is 4.79 Å². The number of piperidine rings is 1. The molecule has 0 atom stereocenters. The summed E-state index contributed by atoms with van der Waals surface area (Å²) in [5.74, 6) is 0. The van der Waals surface area contributed by atoms with Crippen LogP contribution in [0.1, 0.15) is 53.4 Å². The first-order chi connectivity index (χ1) is 11.1. The Morgan fingerprint density at radius 1 is 1.08 bits per heavy atom. The molecule has 1 rings (SSSR count). The van der Waals surface area contributed by atoms with Crippen molar-refractivity contribution in [2.75, 3.05) is 40.5 Å². The van der Waals surface area contributed by atoms with E-state index >= 15 is 0 Å². The van der Waals surface area contributed by atoms with Gasteiger partial charge in [-0.25, -0.2) is 4.79 Å². The van der Waals surface area contributed by atoms with Gasteiger partial charge in [-0.1, -0.05) is 0 Å². The number of nitrogens with zero attached hydrogens (tertiary/aromatic N) is 1. The SMILES string of the molecule is COC(C)(C)CCOC(C)(C)CCOC(=O)NC1CCN(C)CC1. The molecule has 0 aliphatic carbocycles. The highest BCUT2D eigenvalue weighted by Crippen LogP contribution is 2.19. The number of ether oxygens (including phenoxy) is 3. The molecule has 1 saturated heterocycles. The van der Waals surface area contributed by atoms with Crippen molar-refractivity contribution in [2.24, 2.45) is 0 Å². The van der Waals surface area contributed by atoms with E-state index in [-0.39, 0.29) is 23.3 Å². The molecule has 0 aromatic carbocycles. The second-order valence-electron chi connectivity index (χ2n) is 7.93. The fourth-order valence-electron chi connectivity index (χ4n) is 2.50. The van der Waals surface area contributed by atoms with Crippen molar-refractivity contribution in [3.05, 3.63) is 0 Å². The summed E-state index contributed by atoms with van der Waals surface area (Å²) in [6.45, 7) is 11.1. The largest absolute Gasteiger partial charge is 0.449 e. The third-order valence-corrected chi connectivity index (χ3v) is 4.73. The highest BCUT2D eigenvalue weighted by atomic mass is 16.6. The summed E-state index contributed by atoms with van der Waals surface area (Å²) < 4.78 is 16.6. The van der Waals surface area contributed by atoms with Crippen molar-refractivity contribution in [3.63, 3.8) is 0 Å². The highest BCUT2D eigenvalue weighted by molar-refractivity contribution is 5.67. The molecule has 0 radical (unpaired) electrons. The van der Waals surface area contributed by atoms with Gasteiger partial charge in [0.05, 0.1) is 24.4 Å². The normalized spacial score (nSPS) is 17.8. The van der Waals surface area contributed by atoms with Gasteiger partial charge in [0, 0.05) is 19.6 Å². The first kappa shape index (κ1) is 21.2. The molecule has 0 spiro atoms. The van der Waals surface area contributed by atoms with E-state index in [0.29, 0.717) is 19.6 Å². The van der Waals surface area contributed by atoms with Crippen LogP contribution in [-0.4, -0.2) is 68.7 Å². The first-order valence-electron chi connectivity index (χ1n) is 8.94. The van der Waals surface area contributed by atoms with Crippen LogP contribution in [0.5, 0.6) is 0 Å². The van der Waals surface area contributed by atoms with Crippen LogP contribution < -0.4 is 5.32 Å². The summed E-state index contributed by atoms with van der Waals surface area (Å²) in [4.78, 5) is 14.1. The molecule has 0 unspecified atom stereocenters. The van der Waals surface area contributed by atoms with Crippen molar-refractivity contribution >= 4 is 6.09 Å². The molecule has 6 heteroatoms. The minimum Gasteiger partial charge on any atom is -0.449 e. The Labute approximate surface area is 147 Å². The van der Waals surface area contributed by atoms with Crippen LogP contribution in [0.15, 0.2) is 0 Å². The topological polar surface area (TPSA) is 60.0 Å². The van der Waals surface area contributed by atoms with Crippen molar-refractivity contribution in [1.82, 2.24) is 10.2 Å². The zero-order valence-electron chi connectivity index (χ0n) is 16.3. The van der Waals surface area contributed by atoms with E-state index in [1.165, 1.54) is 0 Å². The Bertz CT molecular complexity index is 377. The minimum absolute atomic E-state index is 0.180. The van der Waals surface area contributed by atoms with Gasteiger partial charge in [-0.15, -0.1) is 0 Å². The molecular weight excluding hydrogens is 308 g/mol. The van der Waals surface area contributed by atoms with Gasteiger partial charge < -0.3 is 24.4 Å². The van der Waals surface area contributed by atoms with Gasteiger partial charge in [-0.2, -0.15) is 0 Å². The van der Waals surface area contributed by atoms with Gasteiger partial charge >= 0.3 is 6.09 Å². The predicted molar refractivity (Wildman–Crippen MR) is 95.4 cm³/mol. The second kappa shape index (κ2) is 9.59. The molecule has 0 aromatic heterocycles. The van der Waals surface area contributed by atoms with Crippen LogP contribution in [0, 0.1) is 0 Å². The molecule has 1 aliphatic rings. The third-order valence-electron chi connectivity index (χ3n) is 4.73.